The first-order valence-electron chi connectivity index (χ1n) is 14.5. The number of ether oxygens (including phenoxy) is 2. The van der Waals surface area contributed by atoms with Crippen LogP contribution in [0.2, 0.25) is 5.02 Å². The maximum atomic E-state index is 14.4. The van der Waals surface area contributed by atoms with Crippen molar-refractivity contribution in [1.82, 2.24) is 19.6 Å². The van der Waals surface area contributed by atoms with Crippen molar-refractivity contribution in [2.24, 2.45) is 0 Å². The summed E-state index contributed by atoms with van der Waals surface area (Å²) in [6, 6.07) is 13.0. The van der Waals surface area contributed by atoms with Crippen molar-refractivity contribution in [3.63, 3.8) is 0 Å². The van der Waals surface area contributed by atoms with E-state index in [4.69, 9.17) is 40.8 Å². The summed E-state index contributed by atoms with van der Waals surface area (Å²) in [4.78, 5) is 22.3. The maximum absolute atomic E-state index is 14.4. The van der Waals surface area contributed by atoms with Crippen molar-refractivity contribution in [1.29, 1.82) is 0 Å². The number of aromatic nitrogens is 3. The van der Waals surface area contributed by atoms with E-state index in [2.05, 4.69) is 10.1 Å². The summed E-state index contributed by atoms with van der Waals surface area (Å²) in [6.45, 7) is 13.3. The Morgan fingerprint density at radius 2 is 1.77 bits per heavy atom. The highest BCUT2D eigenvalue weighted by Gasteiger charge is 2.38. The Bertz CT molecular complexity index is 1670. The Morgan fingerprint density at radius 1 is 1.09 bits per heavy atom. The molecule has 3 atom stereocenters. The van der Waals surface area contributed by atoms with E-state index in [1.54, 1.807) is 52.0 Å². The standard InChI is InChI=1S/C31H41ClN5O6P/c1-8-31(7,37-25(18-40-9-2)35-26-27(37)23-12-10-11-13-24(23)34-28(26)33)19-41-44(39,43-22-16-14-21(32)15-17-22)36-20(3)29(38)42-30(4,5)6/h10-17,20H,8-9,18-19H2,1-7H3,(H2,33,34)(H,36,39)/t20-,31?,44?/m0/s1. The molecule has 0 saturated heterocycles. The second-order valence-corrected chi connectivity index (χ2v) is 13.9. The number of halogens is 1. The van der Waals surface area contributed by atoms with Gasteiger partial charge in [0.1, 0.15) is 35.3 Å². The van der Waals surface area contributed by atoms with Crippen LogP contribution in [0, 0.1) is 0 Å². The number of rotatable bonds is 13. The number of nitrogens with zero attached hydrogens (tertiary/aromatic N) is 3. The molecule has 2 aromatic heterocycles. The van der Waals surface area contributed by atoms with Crippen LogP contribution in [0.25, 0.3) is 21.9 Å². The van der Waals surface area contributed by atoms with Gasteiger partial charge in [-0.2, -0.15) is 5.09 Å². The highest BCUT2D eigenvalue weighted by molar-refractivity contribution is 7.52. The van der Waals surface area contributed by atoms with Crippen LogP contribution in [0.5, 0.6) is 5.75 Å². The van der Waals surface area contributed by atoms with E-state index in [1.807, 2.05) is 49.6 Å². The number of carbonyl (C=O) groups excluding carboxylic acids is 1. The number of imidazole rings is 1. The fourth-order valence-electron chi connectivity index (χ4n) is 4.67. The van der Waals surface area contributed by atoms with E-state index in [9.17, 15) is 9.36 Å². The number of benzene rings is 2. The van der Waals surface area contributed by atoms with E-state index < -0.39 is 30.9 Å². The molecule has 2 aromatic carbocycles. The number of nitrogen functional groups attached to an aromatic ring is 1. The minimum Gasteiger partial charge on any atom is -0.459 e. The molecule has 13 heteroatoms. The minimum atomic E-state index is -4.19. The average molecular weight is 646 g/mol. The molecule has 238 valence electrons. The number of para-hydroxylation sites is 1. The van der Waals surface area contributed by atoms with Crippen molar-refractivity contribution in [2.45, 2.75) is 78.7 Å². The number of nitrogens with two attached hydrogens (primary N) is 1. The lowest BCUT2D eigenvalue weighted by molar-refractivity contribution is -0.156. The van der Waals surface area contributed by atoms with Gasteiger partial charge in [-0.3, -0.25) is 9.32 Å². The molecular formula is C31H41ClN5O6P. The van der Waals surface area contributed by atoms with Gasteiger partial charge < -0.3 is 24.3 Å². The second-order valence-electron chi connectivity index (χ2n) is 11.8. The average Bonchev–Trinajstić information content (AvgIpc) is 3.36. The van der Waals surface area contributed by atoms with E-state index in [0.717, 1.165) is 10.9 Å². The fraction of sp³-hybridized carbons (Fsp3) is 0.452. The number of fused-ring (bicyclic) bond motifs is 3. The Balaban J connectivity index is 1.77. The first-order chi connectivity index (χ1) is 20.7. The van der Waals surface area contributed by atoms with Crippen LogP contribution in [-0.4, -0.2) is 45.4 Å². The van der Waals surface area contributed by atoms with Gasteiger partial charge in [-0.1, -0.05) is 36.7 Å². The molecular weight excluding hydrogens is 605 g/mol. The Morgan fingerprint density at radius 3 is 2.41 bits per heavy atom. The maximum Gasteiger partial charge on any atom is 0.459 e. The first kappa shape index (κ1) is 33.7. The molecule has 44 heavy (non-hydrogen) atoms. The molecule has 4 aromatic rings. The van der Waals surface area contributed by atoms with Crippen LogP contribution in [-0.2, 0) is 35.5 Å². The topological polar surface area (TPSA) is 140 Å². The normalized spacial score (nSPS) is 15.5. The van der Waals surface area contributed by atoms with Crippen LogP contribution >= 0.6 is 19.3 Å². The van der Waals surface area contributed by atoms with E-state index in [1.165, 1.54) is 0 Å². The Kier molecular flexibility index (Phi) is 10.3. The van der Waals surface area contributed by atoms with E-state index in [0.29, 0.717) is 40.7 Å². The Hall–Kier alpha value is -3.21. The zero-order valence-corrected chi connectivity index (χ0v) is 27.9. The van der Waals surface area contributed by atoms with Crippen LogP contribution in [0.3, 0.4) is 0 Å². The third kappa shape index (κ3) is 7.71. The van der Waals surface area contributed by atoms with Gasteiger partial charge in [0, 0.05) is 17.0 Å². The van der Waals surface area contributed by atoms with Gasteiger partial charge in [0.2, 0.25) is 0 Å². The third-order valence-corrected chi connectivity index (χ3v) is 8.90. The molecule has 0 bridgehead atoms. The lowest BCUT2D eigenvalue weighted by atomic mass is 9.98. The first-order valence-corrected chi connectivity index (χ1v) is 16.4. The summed E-state index contributed by atoms with van der Waals surface area (Å²) < 4.78 is 39.8. The van der Waals surface area contributed by atoms with Gasteiger partial charge in [-0.25, -0.2) is 14.5 Å². The summed E-state index contributed by atoms with van der Waals surface area (Å²) >= 11 is 6.05. The van der Waals surface area contributed by atoms with Crippen molar-refractivity contribution in [3.05, 3.63) is 59.4 Å². The molecule has 0 fully saturated rings. The molecule has 0 aliphatic carbocycles. The summed E-state index contributed by atoms with van der Waals surface area (Å²) in [5, 5.41) is 4.10. The highest BCUT2D eigenvalue weighted by Crippen LogP contribution is 2.47. The fourth-order valence-corrected chi connectivity index (χ4v) is 6.41. The number of pyridine rings is 1. The molecule has 0 saturated carbocycles. The molecule has 0 spiro atoms. The zero-order chi connectivity index (χ0) is 32.3. The number of nitrogens with one attached hydrogen (secondary N) is 1. The summed E-state index contributed by atoms with van der Waals surface area (Å²) in [5.41, 5.74) is 6.84. The van der Waals surface area contributed by atoms with Crippen molar-refractivity contribution in [2.75, 3.05) is 18.9 Å². The smallest absolute Gasteiger partial charge is 0.459 e. The van der Waals surface area contributed by atoms with Crippen molar-refractivity contribution >= 4 is 53.1 Å². The number of carbonyl (C=O) groups is 1. The molecule has 3 N–H and O–H groups in total. The third-order valence-electron chi connectivity index (χ3n) is 7.02. The Labute approximate surface area is 263 Å². The van der Waals surface area contributed by atoms with Gasteiger partial charge in [0.05, 0.1) is 23.2 Å². The second kappa shape index (κ2) is 13.4. The number of hydrogen-bond acceptors (Lipinski definition) is 9. The lowest BCUT2D eigenvalue weighted by Crippen LogP contribution is -2.40. The predicted octanol–water partition coefficient (Wildman–Crippen LogP) is 7.01. The molecule has 11 nitrogen and oxygen atoms in total. The lowest BCUT2D eigenvalue weighted by Gasteiger charge is -2.34. The quantitative estimate of drug-likeness (QED) is 0.115. The molecule has 0 aliphatic rings. The molecule has 4 rings (SSSR count). The number of anilines is 1. The van der Waals surface area contributed by atoms with Gasteiger partial charge in [-0.05, 0) is 78.3 Å². The van der Waals surface area contributed by atoms with Crippen molar-refractivity contribution < 1.29 is 27.9 Å². The highest BCUT2D eigenvalue weighted by atomic mass is 35.5. The number of esters is 1. The van der Waals surface area contributed by atoms with Gasteiger partial charge in [-0.15, -0.1) is 0 Å². The molecule has 2 unspecified atom stereocenters. The van der Waals surface area contributed by atoms with Crippen LogP contribution < -0.4 is 15.3 Å². The largest absolute Gasteiger partial charge is 0.459 e. The molecule has 2 heterocycles. The van der Waals surface area contributed by atoms with E-state index >= 15 is 0 Å². The van der Waals surface area contributed by atoms with Crippen LogP contribution in [0.4, 0.5) is 5.82 Å². The summed E-state index contributed by atoms with van der Waals surface area (Å²) in [6.07, 6.45) is 0.538. The van der Waals surface area contributed by atoms with Gasteiger partial charge >= 0.3 is 13.7 Å². The van der Waals surface area contributed by atoms with E-state index in [-0.39, 0.29) is 19.0 Å². The molecule has 0 amide bonds. The minimum absolute atomic E-state index is 0.0937. The predicted molar refractivity (Wildman–Crippen MR) is 173 cm³/mol. The SMILES string of the molecule is CCOCc1nc2c(N)nc3ccccc3c2n1C(C)(CC)COP(=O)(N[C@@H](C)C(=O)OC(C)(C)C)Oc1ccc(Cl)cc1. The van der Waals surface area contributed by atoms with Crippen LogP contribution in [0.1, 0.15) is 60.7 Å². The van der Waals surface area contributed by atoms with Crippen molar-refractivity contribution in [3.8, 4) is 5.75 Å². The zero-order valence-electron chi connectivity index (χ0n) is 26.2. The molecule has 0 radical (unpaired) electrons. The van der Waals surface area contributed by atoms with Gasteiger partial charge in [0.25, 0.3) is 0 Å². The van der Waals surface area contributed by atoms with Crippen LogP contribution in [0.15, 0.2) is 48.5 Å². The summed E-state index contributed by atoms with van der Waals surface area (Å²) in [5.74, 6) is 0.547. The number of hydrogen-bond donors (Lipinski definition) is 2. The monoisotopic (exact) mass is 645 g/mol. The molecule has 0 aliphatic heterocycles. The summed E-state index contributed by atoms with van der Waals surface area (Å²) in [7, 11) is -4.19. The van der Waals surface area contributed by atoms with Gasteiger partial charge in [0.15, 0.2) is 5.82 Å².